The molecule has 0 aliphatic heterocycles. The van der Waals surface area contributed by atoms with Crippen molar-refractivity contribution in [3.8, 4) is 35.0 Å². The van der Waals surface area contributed by atoms with Crippen molar-refractivity contribution >= 4 is 96.6 Å². The van der Waals surface area contributed by atoms with E-state index >= 15 is 0 Å². The van der Waals surface area contributed by atoms with Crippen LogP contribution in [-0.4, -0.2) is 156 Å². The summed E-state index contributed by atoms with van der Waals surface area (Å²) in [5, 5.41) is 27.0. The van der Waals surface area contributed by atoms with Gasteiger partial charge in [-0.25, -0.2) is 50.4 Å². The Balaban J connectivity index is 0.000000330. The molecule has 90 heavy (non-hydrogen) atoms. The molecule has 4 aromatic heterocycles. The number of halogens is 6. The number of alkyl halides is 4. The van der Waals surface area contributed by atoms with Crippen LogP contribution in [0, 0.1) is 0 Å². The highest BCUT2D eigenvalue weighted by Crippen LogP contribution is 2.34. The topological polar surface area (TPSA) is 487 Å². The number of methoxy groups -OCH3 is 2. The van der Waals surface area contributed by atoms with Gasteiger partial charge in [0.05, 0.1) is 72.3 Å². The number of aromatic carboxylic acids is 1. The molecule has 0 saturated heterocycles. The zero-order chi connectivity index (χ0) is 68.3. The summed E-state index contributed by atoms with van der Waals surface area (Å²) in [6.45, 7) is 3.56. The van der Waals surface area contributed by atoms with Crippen LogP contribution in [0.5, 0.6) is 29.3 Å². The Hall–Kier alpha value is -8.57. The summed E-state index contributed by atoms with van der Waals surface area (Å²) in [6, 6.07) is 8.81. The molecule has 0 bridgehead atoms. The van der Waals surface area contributed by atoms with Crippen molar-refractivity contribution in [2.24, 2.45) is 0 Å². The maximum Gasteiger partial charge on any atom is 0.442 e. The Morgan fingerprint density at radius 3 is 1.69 bits per heavy atom. The minimum atomic E-state index is -4.71. The molecule has 34 nitrogen and oxygen atoms in total. The maximum absolute atomic E-state index is 12.5. The van der Waals surface area contributed by atoms with Crippen LogP contribution in [0.15, 0.2) is 90.9 Å². The number of carboxylic acids is 2. The van der Waals surface area contributed by atoms with Gasteiger partial charge in [0.15, 0.2) is 14.9 Å². The van der Waals surface area contributed by atoms with Gasteiger partial charge in [0.2, 0.25) is 41.3 Å². The summed E-state index contributed by atoms with van der Waals surface area (Å²) in [5.74, 6) is -5.96. The molecule has 4 amide bonds. The zero-order valence-corrected chi connectivity index (χ0v) is 52.3. The first-order valence-corrected chi connectivity index (χ1v) is 31.5. The fourth-order valence-corrected chi connectivity index (χ4v) is 10.5. The highest BCUT2D eigenvalue weighted by Gasteiger charge is 2.30. The predicted octanol–water partition coefficient (Wildman–Crippen LogP) is 5.09. The number of anilines is 2. The Morgan fingerprint density at radius 1 is 0.733 bits per heavy atom. The lowest BCUT2D eigenvalue weighted by atomic mass is 9.97. The van der Waals surface area contributed by atoms with Gasteiger partial charge >= 0.3 is 50.6 Å². The molecule has 44 heteroatoms. The fraction of sp³-hybridized carbons (Fsp3) is 0.326. The second-order valence-electron chi connectivity index (χ2n) is 17.9. The second kappa shape index (κ2) is 32.8. The number of aliphatic carboxylic acids is 1. The van der Waals surface area contributed by atoms with Gasteiger partial charge in [0.25, 0.3) is 20.0 Å². The number of nitrogens with one attached hydrogen (secondary N) is 5. The van der Waals surface area contributed by atoms with E-state index in [4.69, 9.17) is 61.8 Å². The standard InChI is InChI=1S/C15H18Cl2N2O3.C14H10F4N4O7S.C14H17N5O7S2.C3H8NO5P/c1-8(2)21-12-7-11(9(16)6-10(12)17)19-14(20)22-13(18-19)15(3,4)5;15-11(16)28-8-5-9(29-12(17)18)20-13(19-8)21-14(25)22-30(26,27)7-4-2-1-3-6(7)10(23)24;1-4-27(21,22)9-6-5-7-15-12(9)28(23,24)19-14(20)18-13-16-10(25-2)8-11(17-13)26-3;5-3(6)1-4-2-10(7,8)9/h6-8H,1-5H3;1-5,11-12H,(H,23,24)(H2,19,20,21,22,25);5-8H,4H2,1-3H3,(H2,16,17,18,19,20);4H,1-2H2,(H,5,6)(H2,7,8,9). The number of benzene rings is 2. The molecule has 494 valence electrons. The van der Waals surface area contributed by atoms with Gasteiger partial charge in [-0.3, -0.25) is 25.3 Å². The van der Waals surface area contributed by atoms with Gasteiger partial charge in [-0.05, 0) is 44.2 Å². The summed E-state index contributed by atoms with van der Waals surface area (Å²) in [7, 11) is -14.7. The molecule has 0 radical (unpaired) electrons. The van der Waals surface area contributed by atoms with Gasteiger partial charge < -0.3 is 48.1 Å². The number of nitrogens with zero attached hydrogens (tertiary/aromatic N) is 7. The Bertz CT molecular complexity index is 3950. The first-order chi connectivity index (χ1) is 41.6. The van der Waals surface area contributed by atoms with Crippen molar-refractivity contribution in [2.45, 2.75) is 81.1 Å². The molecule has 4 heterocycles. The molecule has 0 fully saturated rings. The average molecular weight is 1400 g/mol. The van der Waals surface area contributed by atoms with E-state index < -0.39 is 131 Å². The van der Waals surface area contributed by atoms with Crippen LogP contribution >= 0.6 is 30.8 Å². The number of amides is 4. The van der Waals surface area contributed by atoms with Crippen LogP contribution < -0.4 is 54.8 Å². The van der Waals surface area contributed by atoms with Crippen molar-refractivity contribution in [1.82, 2.24) is 49.5 Å². The monoisotopic (exact) mass is 1400 g/mol. The number of carboxylic acid groups (broad SMARTS) is 2. The number of sulfone groups is 1. The first kappa shape index (κ1) is 75.7. The summed E-state index contributed by atoms with van der Waals surface area (Å²) in [6.07, 6.45) is 0.432. The molecule has 0 aliphatic carbocycles. The molecule has 6 aromatic rings. The molecule has 0 unspecified atom stereocenters. The van der Waals surface area contributed by atoms with Gasteiger partial charge in [0.1, 0.15) is 15.5 Å². The minimum Gasteiger partial charge on any atom is -0.489 e. The minimum absolute atomic E-state index is 0.0612. The number of carbonyl (C=O) groups excluding carboxylic acids is 2. The Kier molecular flexibility index (Phi) is 27.6. The number of pyridine rings is 1. The third-order valence-corrected chi connectivity index (χ3v) is 15.4. The number of ether oxygens (including phenoxy) is 5. The van der Waals surface area contributed by atoms with Crippen LogP contribution in [0.25, 0.3) is 5.69 Å². The van der Waals surface area contributed by atoms with E-state index in [0.29, 0.717) is 28.4 Å². The SMILES string of the molecule is CC(C)Oc1cc(-n2nc(C(C)(C)C)oc2=O)c(Cl)cc1Cl.CCS(=O)(=O)c1cccnc1S(=O)(=O)NC(=O)Nc1nc(OC)cc(OC)n1.O=C(Nc1nc(OC(F)F)cc(OC(F)F)n1)NS(=O)(=O)c1ccccc1C(=O)O.O=C(O)CNCP(=O)(O)O. The second-order valence-corrected chi connectivity index (χ2v) is 25.9. The number of aromatic nitrogens is 7. The normalized spacial score (nSPS) is 11.5. The van der Waals surface area contributed by atoms with E-state index in [2.05, 4.69) is 50.1 Å². The fourth-order valence-electron chi connectivity index (χ4n) is 5.95. The van der Waals surface area contributed by atoms with Crippen molar-refractivity contribution in [3.63, 3.8) is 0 Å². The van der Waals surface area contributed by atoms with Crippen molar-refractivity contribution in [1.29, 1.82) is 0 Å². The van der Waals surface area contributed by atoms with Gasteiger partial charge in [-0.15, -0.1) is 5.10 Å². The molecule has 0 spiro atoms. The quantitative estimate of drug-likeness (QED) is 0.0315. The Morgan fingerprint density at radius 2 is 1.23 bits per heavy atom. The largest absolute Gasteiger partial charge is 0.489 e. The van der Waals surface area contributed by atoms with E-state index in [9.17, 15) is 71.4 Å². The maximum atomic E-state index is 12.5. The molecule has 9 N–H and O–H groups in total. The van der Waals surface area contributed by atoms with E-state index in [1.807, 2.05) is 34.6 Å². The molecular weight excluding hydrogens is 1350 g/mol. The lowest BCUT2D eigenvalue weighted by Gasteiger charge is -2.13. The number of carbonyl (C=O) groups is 4. The van der Waals surface area contributed by atoms with E-state index in [0.717, 1.165) is 29.1 Å². The summed E-state index contributed by atoms with van der Waals surface area (Å²) < 4.78 is 166. The number of hydrogen-bond acceptors (Lipinski definition) is 25. The average Bonchev–Trinajstić information content (AvgIpc) is 1.32. The van der Waals surface area contributed by atoms with Gasteiger partial charge in [-0.1, -0.05) is 63.0 Å². The first-order valence-electron chi connectivity index (χ1n) is 24.3. The van der Waals surface area contributed by atoms with Gasteiger partial charge in [-0.2, -0.15) is 50.6 Å². The summed E-state index contributed by atoms with van der Waals surface area (Å²) in [4.78, 5) is 89.9. The smallest absolute Gasteiger partial charge is 0.442 e. The van der Waals surface area contributed by atoms with Crippen LogP contribution in [-0.2, 0) is 44.7 Å². The van der Waals surface area contributed by atoms with Crippen LogP contribution in [0.2, 0.25) is 10.0 Å². The number of rotatable bonds is 22. The molecular formula is C46H53Cl2F4N12O22PS3. The van der Waals surface area contributed by atoms with Crippen molar-refractivity contribution in [3.05, 3.63) is 98.9 Å². The molecule has 0 saturated carbocycles. The number of urea groups is 2. The van der Waals surface area contributed by atoms with E-state index in [1.165, 1.54) is 56.2 Å². The molecule has 0 atom stereocenters. The van der Waals surface area contributed by atoms with E-state index in [1.54, 1.807) is 16.1 Å². The summed E-state index contributed by atoms with van der Waals surface area (Å²) in [5.41, 5.74) is -0.666. The highest BCUT2D eigenvalue weighted by molar-refractivity contribution is 7.93. The van der Waals surface area contributed by atoms with Gasteiger partial charge in [0, 0.05) is 17.7 Å². The lowest BCUT2D eigenvalue weighted by molar-refractivity contribution is -0.135. The third kappa shape index (κ3) is 24.4. The Labute approximate surface area is 516 Å². The lowest BCUT2D eigenvalue weighted by Crippen LogP contribution is -2.36. The third-order valence-electron chi connectivity index (χ3n) is 9.59. The van der Waals surface area contributed by atoms with Crippen LogP contribution in [0.4, 0.5) is 39.0 Å². The van der Waals surface area contributed by atoms with Crippen molar-refractivity contribution in [2.75, 3.05) is 43.4 Å². The van der Waals surface area contributed by atoms with Crippen LogP contribution in [0.1, 0.15) is 57.8 Å². The van der Waals surface area contributed by atoms with E-state index in [-0.39, 0.29) is 40.0 Å². The number of hydrogen-bond donors (Lipinski definition) is 9. The number of sulfonamides is 2. The zero-order valence-electron chi connectivity index (χ0n) is 47.4. The summed E-state index contributed by atoms with van der Waals surface area (Å²) >= 11 is 12.3. The predicted molar refractivity (Wildman–Crippen MR) is 304 cm³/mol. The van der Waals surface area contributed by atoms with Crippen LogP contribution in [0.3, 0.4) is 0 Å². The highest BCUT2D eigenvalue weighted by atomic mass is 35.5. The molecule has 2 aromatic carbocycles. The molecule has 6 rings (SSSR count). The van der Waals surface area contributed by atoms with Crippen molar-refractivity contribution < 1.29 is 115 Å². The molecule has 0 aliphatic rings.